The van der Waals surface area contributed by atoms with Crippen LogP contribution in [0.2, 0.25) is 0 Å². The van der Waals surface area contributed by atoms with E-state index in [0.717, 1.165) is 10.5 Å². The van der Waals surface area contributed by atoms with Crippen molar-refractivity contribution in [3.8, 4) is 5.75 Å². The third kappa shape index (κ3) is 5.13. The lowest BCUT2D eigenvalue weighted by atomic mass is 10.2. The molecule has 0 aromatic heterocycles. The maximum absolute atomic E-state index is 11.8. The van der Waals surface area contributed by atoms with E-state index >= 15 is 0 Å². The standard InChI is InChI=1S/C17H17N3O3S/c1-23-14-5-3-4-13(10-14)19-16(21)17(22)20-18-11-12-6-8-15(24-2)9-7-12/h3-11H,1-2H3,(H,19,21)(H,20,22)/b18-11-. The van der Waals surface area contributed by atoms with Gasteiger partial charge < -0.3 is 10.1 Å². The molecule has 2 aromatic carbocycles. The highest BCUT2D eigenvalue weighted by Crippen LogP contribution is 2.16. The second-order valence-corrected chi connectivity index (χ2v) is 5.54. The molecule has 0 radical (unpaired) electrons. The quantitative estimate of drug-likeness (QED) is 0.378. The van der Waals surface area contributed by atoms with Crippen LogP contribution in [0.1, 0.15) is 5.56 Å². The average Bonchev–Trinajstić information content (AvgIpc) is 2.62. The number of hydrazone groups is 1. The predicted molar refractivity (Wildman–Crippen MR) is 95.6 cm³/mol. The lowest BCUT2D eigenvalue weighted by molar-refractivity contribution is -0.136. The molecule has 0 aliphatic rings. The van der Waals surface area contributed by atoms with E-state index in [9.17, 15) is 9.59 Å². The molecule has 2 amide bonds. The van der Waals surface area contributed by atoms with Gasteiger partial charge in [-0.15, -0.1) is 11.8 Å². The Balaban J connectivity index is 1.88. The second-order valence-electron chi connectivity index (χ2n) is 4.66. The van der Waals surface area contributed by atoms with Crippen molar-refractivity contribution in [2.24, 2.45) is 5.10 Å². The molecular weight excluding hydrogens is 326 g/mol. The number of carbonyl (C=O) groups excluding carboxylic acids is 2. The lowest BCUT2D eigenvalue weighted by Gasteiger charge is -2.05. The zero-order chi connectivity index (χ0) is 17.4. The van der Waals surface area contributed by atoms with Crippen LogP contribution in [0.5, 0.6) is 5.75 Å². The van der Waals surface area contributed by atoms with Crippen molar-refractivity contribution in [1.82, 2.24) is 5.43 Å². The summed E-state index contributed by atoms with van der Waals surface area (Å²) in [4.78, 5) is 24.7. The third-order valence-electron chi connectivity index (χ3n) is 3.03. The van der Waals surface area contributed by atoms with Crippen LogP contribution in [0.4, 0.5) is 5.69 Å². The fraction of sp³-hybridized carbons (Fsp3) is 0.118. The largest absolute Gasteiger partial charge is 0.497 e. The average molecular weight is 343 g/mol. The zero-order valence-corrected chi connectivity index (χ0v) is 14.1. The van der Waals surface area contributed by atoms with Gasteiger partial charge in [0.1, 0.15) is 5.75 Å². The first-order valence-corrected chi connectivity index (χ1v) is 8.27. The van der Waals surface area contributed by atoms with Crippen LogP contribution in [0.15, 0.2) is 58.5 Å². The van der Waals surface area contributed by atoms with Gasteiger partial charge in [-0.2, -0.15) is 5.10 Å². The number of methoxy groups -OCH3 is 1. The van der Waals surface area contributed by atoms with Crippen molar-refractivity contribution in [3.05, 3.63) is 54.1 Å². The van der Waals surface area contributed by atoms with Crippen molar-refractivity contribution < 1.29 is 14.3 Å². The van der Waals surface area contributed by atoms with E-state index in [4.69, 9.17) is 4.74 Å². The van der Waals surface area contributed by atoms with E-state index in [1.807, 2.05) is 30.5 Å². The van der Waals surface area contributed by atoms with E-state index in [1.165, 1.54) is 13.3 Å². The molecule has 124 valence electrons. The SMILES string of the molecule is COc1cccc(NC(=O)C(=O)N/N=C\c2ccc(SC)cc2)c1. The molecule has 2 rings (SSSR count). The highest BCUT2D eigenvalue weighted by Gasteiger charge is 2.12. The summed E-state index contributed by atoms with van der Waals surface area (Å²) in [6.45, 7) is 0. The number of benzene rings is 2. The van der Waals surface area contributed by atoms with Crippen LogP contribution in [-0.4, -0.2) is 31.4 Å². The number of hydrogen-bond acceptors (Lipinski definition) is 5. The molecule has 2 aromatic rings. The predicted octanol–water partition coefficient (Wildman–Crippen LogP) is 2.51. The molecule has 0 heterocycles. The molecule has 0 unspecified atom stereocenters. The number of thioether (sulfide) groups is 1. The minimum Gasteiger partial charge on any atom is -0.497 e. The molecule has 24 heavy (non-hydrogen) atoms. The number of hydrogen-bond donors (Lipinski definition) is 2. The van der Waals surface area contributed by atoms with Gasteiger partial charge in [-0.3, -0.25) is 9.59 Å². The molecule has 0 saturated heterocycles. The molecule has 2 N–H and O–H groups in total. The summed E-state index contributed by atoms with van der Waals surface area (Å²) in [6.07, 6.45) is 3.46. The molecule has 0 spiro atoms. The van der Waals surface area contributed by atoms with Crippen molar-refractivity contribution in [1.29, 1.82) is 0 Å². The fourth-order valence-corrected chi connectivity index (χ4v) is 2.20. The van der Waals surface area contributed by atoms with Gasteiger partial charge in [-0.25, -0.2) is 5.43 Å². The van der Waals surface area contributed by atoms with Crippen LogP contribution >= 0.6 is 11.8 Å². The smallest absolute Gasteiger partial charge is 0.329 e. The molecule has 0 aliphatic carbocycles. The molecule has 0 aliphatic heterocycles. The van der Waals surface area contributed by atoms with E-state index in [1.54, 1.807) is 36.0 Å². The molecule has 0 atom stereocenters. The maximum atomic E-state index is 11.8. The Morgan fingerprint density at radius 1 is 1.12 bits per heavy atom. The monoisotopic (exact) mass is 343 g/mol. The van der Waals surface area contributed by atoms with Crippen LogP contribution in [0.3, 0.4) is 0 Å². The highest BCUT2D eigenvalue weighted by molar-refractivity contribution is 7.98. The Kier molecular flexibility index (Phi) is 6.39. The first-order valence-electron chi connectivity index (χ1n) is 7.05. The first kappa shape index (κ1) is 17.6. The Hall–Kier alpha value is -2.80. The minimum atomic E-state index is -0.852. The lowest BCUT2D eigenvalue weighted by Crippen LogP contribution is -2.32. The Labute approximate surface area is 144 Å². The topological polar surface area (TPSA) is 79.8 Å². The summed E-state index contributed by atoms with van der Waals surface area (Å²) < 4.78 is 5.05. The summed E-state index contributed by atoms with van der Waals surface area (Å²) in [5, 5.41) is 6.25. The Morgan fingerprint density at radius 3 is 2.54 bits per heavy atom. The second kappa shape index (κ2) is 8.73. The van der Waals surface area contributed by atoms with E-state index in [2.05, 4.69) is 15.8 Å². The van der Waals surface area contributed by atoms with Crippen molar-refractivity contribution in [3.63, 3.8) is 0 Å². The van der Waals surface area contributed by atoms with Crippen molar-refractivity contribution in [2.75, 3.05) is 18.7 Å². The number of ether oxygens (including phenoxy) is 1. The van der Waals surface area contributed by atoms with Crippen LogP contribution in [0, 0.1) is 0 Å². The van der Waals surface area contributed by atoms with Gasteiger partial charge in [-0.1, -0.05) is 18.2 Å². The van der Waals surface area contributed by atoms with Gasteiger partial charge in [0.05, 0.1) is 13.3 Å². The van der Waals surface area contributed by atoms with Gasteiger partial charge in [0.25, 0.3) is 0 Å². The fourth-order valence-electron chi connectivity index (χ4n) is 1.79. The minimum absolute atomic E-state index is 0.464. The first-order chi connectivity index (χ1) is 11.6. The number of nitrogens with zero attached hydrogens (tertiary/aromatic N) is 1. The Bertz CT molecular complexity index is 745. The highest BCUT2D eigenvalue weighted by atomic mass is 32.2. The van der Waals surface area contributed by atoms with Gasteiger partial charge in [0, 0.05) is 16.6 Å². The number of carbonyl (C=O) groups is 2. The number of rotatable bonds is 5. The molecule has 0 fully saturated rings. The molecule has 6 nitrogen and oxygen atoms in total. The summed E-state index contributed by atoms with van der Waals surface area (Å²) in [5.41, 5.74) is 3.48. The molecule has 0 saturated carbocycles. The van der Waals surface area contributed by atoms with Crippen molar-refractivity contribution in [2.45, 2.75) is 4.90 Å². The van der Waals surface area contributed by atoms with E-state index in [0.29, 0.717) is 11.4 Å². The molecular formula is C17H17N3O3S. The van der Waals surface area contributed by atoms with Crippen LogP contribution in [0.25, 0.3) is 0 Å². The zero-order valence-electron chi connectivity index (χ0n) is 13.3. The number of nitrogens with one attached hydrogen (secondary N) is 2. The van der Waals surface area contributed by atoms with Crippen LogP contribution < -0.4 is 15.5 Å². The summed E-state index contributed by atoms with van der Waals surface area (Å²) >= 11 is 1.64. The van der Waals surface area contributed by atoms with Gasteiger partial charge in [-0.05, 0) is 36.1 Å². The maximum Gasteiger partial charge on any atom is 0.329 e. The van der Waals surface area contributed by atoms with Crippen molar-refractivity contribution >= 4 is 35.5 Å². The van der Waals surface area contributed by atoms with Gasteiger partial charge in [0.15, 0.2) is 0 Å². The normalized spacial score (nSPS) is 10.4. The number of amides is 2. The van der Waals surface area contributed by atoms with E-state index in [-0.39, 0.29) is 0 Å². The van der Waals surface area contributed by atoms with Gasteiger partial charge in [0.2, 0.25) is 0 Å². The summed E-state index contributed by atoms with van der Waals surface area (Å²) in [5.74, 6) is -1.08. The summed E-state index contributed by atoms with van der Waals surface area (Å²) in [7, 11) is 1.52. The summed E-state index contributed by atoms with van der Waals surface area (Å²) in [6, 6.07) is 14.4. The number of anilines is 1. The third-order valence-corrected chi connectivity index (χ3v) is 3.77. The Morgan fingerprint density at radius 2 is 1.88 bits per heavy atom. The molecule has 7 heteroatoms. The van der Waals surface area contributed by atoms with E-state index < -0.39 is 11.8 Å². The molecule has 0 bridgehead atoms. The van der Waals surface area contributed by atoms with Crippen LogP contribution in [-0.2, 0) is 9.59 Å². The van der Waals surface area contributed by atoms with Gasteiger partial charge >= 0.3 is 11.8 Å².